The van der Waals surface area contributed by atoms with Crippen LogP contribution in [-0.2, 0) is 9.59 Å². The van der Waals surface area contributed by atoms with Gasteiger partial charge in [0.25, 0.3) is 5.92 Å². The lowest BCUT2D eigenvalue weighted by Crippen LogP contribution is -2.67. The highest BCUT2D eigenvalue weighted by atomic mass is 19.3. The van der Waals surface area contributed by atoms with Crippen LogP contribution in [0.2, 0.25) is 0 Å². The number of hydrogen-bond donors (Lipinski definition) is 5. The molecular weight excluding hydrogens is 472 g/mol. The average Bonchev–Trinajstić information content (AvgIpc) is 3.12. The maximum atomic E-state index is 15.1. The SMILES string of the molecule is NC1NN2CC(F)CNC2C1C(=O)NC1CNCC(F)C1N1CCC(C(=O)N2CC(F)(F)C2)CC1. The number of nitrogens with one attached hydrogen (secondary N) is 4. The Balaban J connectivity index is 1.19. The van der Waals surface area contributed by atoms with Crippen LogP contribution >= 0.6 is 0 Å². The molecule has 0 radical (unpaired) electrons. The molecule has 7 unspecified atom stereocenters. The molecular formula is C21H34F4N8O2. The van der Waals surface area contributed by atoms with Crippen LogP contribution in [0.3, 0.4) is 0 Å². The van der Waals surface area contributed by atoms with Crippen molar-refractivity contribution in [3.8, 4) is 0 Å². The van der Waals surface area contributed by atoms with Crippen LogP contribution in [0.1, 0.15) is 12.8 Å². The maximum Gasteiger partial charge on any atom is 0.282 e. The third kappa shape index (κ3) is 5.01. The first-order valence-corrected chi connectivity index (χ1v) is 12.3. The van der Waals surface area contributed by atoms with Crippen LogP contribution in [-0.4, -0.2) is 122 Å². The molecule has 0 aliphatic carbocycles. The van der Waals surface area contributed by atoms with Crippen molar-refractivity contribution in [1.29, 1.82) is 0 Å². The van der Waals surface area contributed by atoms with Crippen LogP contribution in [0, 0.1) is 11.8 Å². The van der Waals surface area contributed by atoms with Crippen molar-refractivity contribution >= 4 is 11.8 Å². The number of amides is 2. The predicted octanol–water partition coefficient (Wildman–Crippen LogP) is -2.04. The zero-order valence-corrected chi connectivity index (χ0v) is 19.4. The molecule has 198 valence electrons. The number of carbonyl (C=O) groups is 2. The summed E-state index contributed by atoms with van der Waals surface area (Å²) in [6.45, 7) is 0.607. The van der Waals surface area contributed by atoms with Crippen LogP contribution in [0.5, 0.6) is 0 Å². The minimum atomic E-state index is -2.80. The molecule has 5 saturated heterocycles. The highest BCUT2D eigenvalue weighted by molar-refractivity contribution is 5.81. The summed E-state index contributed by atoms with van der Waals surface area (Å²) >= 11 is 0. The summed E-state index contributed by atoms with van der Waals surface area (Å²) in [5, 5.41) is 10.6. The monoisotopic (exact) mass is 506 g/mol. The van der Waals surface area contributed by atoms with Gasteiger partial charge in [-0.1, -0.05) is 0 Å². The molecule has 5 aliphatic heterocycles. The fraction of sp³-hybridized carbons (Fsp3) is 0.905. The van der Waals surface area contributed by atoms with Gasteiger partial charge >= 0.3 is 0 Å². The molecule has 6 N–H and O–H groups in total. The Labute approximate surface area is 201 Å². The van der Waals surface area contributed by atoms with Gasteiger partial charge in [-0.15, -0.1) is 0 Å². The van der Waals surface area contributed by atoms with Crippen LogP contribution in [0.25, 0.3) is 0 Å². The van der Waals surface area contributed by atoms with E-state index in [1.165, 1.54) is 4.90 Å². The van der Waals surface area contributed by atoms with E-state index in [1.807, 2.05) is 4.90 Å². The van der Waals surface area contributed by atoms with Crippen LogP contribution in [0.15, 0.2) is 0 Å². The molecule has 0 spiro atoms. The fourth-order valence-electron chi connectivity index (χ4n) is 6.12. The number of likely N-dealkylation sites (tertiary alicyclic amines) is 2. The lowest BCUT2D eigenvalue weighted by atomic mass is 9.89. The number of hydrogen-bond acceptors (Lipinski definition) is 8. The molecule has 14 heteroatoms. The van der Waals surface area contributed by atoms with E-state index in [9.17, 15) is 22.8 Å². The first kappa shape index (κ1) is 25.1. The van der Waals surface area contributed by atoms with E-state index in [0.29, 0.717) is 32.5 Å². The van der Waals surface area contributed by atoms with E-state index in [0.717, 1.165) is 0 Å². The average molecular weight is 507 g/mol. The lowest BCUT2D eigenvalue weighted by Gasteiger charge is -2.46. The molecule has 5 aliphatic rings. The molecule has 7 atom stereocenters. The van der Waals surface area contributed by atoms with Gasteiger partial charge in [-0.3, -0.25) is 19.8 Å². The van der Waals surface area contributed by atoms with Gasteiger partial charge < -0.3 is 21.3 Å². The van der Waals surface area contributed by atoms with Crippen molar-refractivity contribution in [2.24, 2.45) is 17.6 Å². The lowest BCUT2D eigenvalue weighted by molar-refractivity contribution is -0.171. The second-order valence-electron chi connectivity index (χ2n) is 10.4. The number of halogens is 4. The number of piperidine rings is 2. The normalized spacial score (nSPS) is 40.7. The van der Waals surface area contributed by atoms with E-state index >= 15 is 4.39 Å². The van der Waals surface area contributed by atoms with Gasteiger partial charge in [-0.2, -0.15) is 0 Å². The number of alkyl halides is 4. The van der Waals surface area contributed by atoms with E-state index < -0.39 is 61.7 Å². The molecule has 0 aromatic carbocycles. The highest BCUT2D eigenvalue weighted by Crippen LogP contribution is 2.31. The van der Waals surface area contributed by atoms with Crippen LogP contribution in [0.4, 0.5) is 17.6 Å². The van der Waals surface area contributed by atoms with Gasteiger partial charge in [0.1, 0.15) is 12.3 Å². The zero-order valence-electron chi connectivity index (χ0n) is 19.4. The summed E-state index contributed by atoms with van der Waals surface area (Å²) in [4.78, 5) is 28.9. The van der Waals surface area contributed by atoms with Gasteiger partial charge in [0.15, 0.2) is 0 Å². The third-order valence-electron chi connectivity index (χ3n) is 7.89. The molecule has 0 aromatic rings. The van der Waals surface area contributed by atoms with E-state index in [1.54, 1.807) is 5.01 Å². The predicted molar refractivity (Wildman–Crippen MR) is 117 cm³/mol. The standard InChI is InChI=1S/C21H34F4N8O2/c22-12-5-28-18-15(17(26)30-33(18)8-12)19(34)29-14-7-27-6-13(23)16(14)31-3-1-11(2-4-31)20(35)32-9-21(24,25)10-32/h11-18,27-28,30H,1-10,26H2,(H,29,34). The summed E-state index contributed by atoms with van der Waals surface area (Å²) in [5.74, 6) is -4.42. The van der Waals surface area contributed by atoms with E-state index in [4.69, 9.17) is 5.73 Å². The number of hydrazine groups is 1. The molecule has 35 heavy (non-hydrogen) atoms. The summed E-state index contributed by atoms with van der Waals surface area (Å²) in [7, 11) is 0. The molecule has 0 saturated carbocycles. The Bertz CT molecular complexity index is 808. The summed E-state index contributed by atoms with van der Waals surface area (Å²) in [6.07, 6.45) is -2.54. The summed E-state index contributed by atoms with van der Waals surface area (Å²) in [5.41, 5.74) is 9.08. The number of fused-ring (bicyclic) bond motifs is 1. The Morgan fingerprint density at radius 1 is 1.06 bits per heavy atom. The van der Waals surface area contributed by atoms with E-state index in [2.05, 4.69) is 21.4 Å². The second kappa shape index (κ2) is 9.71. The smallest absolute Gasteiger partial charge is 0.282 e. The second-order valence-corrected chi connectivity index (χ2v) is 10.4. The molecule has 5 heterocycles. The molecule has 5 fully saturated rings. The van der Waals surface area contributed by atoms with Crippen molar-refractivity contribution in [1.82, 2.24) is 36.2 Å². The minimum Gasteiger partial charge on any atom is -0.350 e. The van der Waals surface area contributed by atoms with Crippen molar-refractivity contribution < 1.29 is 27.2 Å². The first-order valence-electron chi connectivity index (χ1n) is 12.3. The van der Waals surface area contributed by atoms with Crippen LogP contribution < -0.4 is 27.1 Å². The fourth-order valence-corrected chi connectivity index (χ4v) is 6.12. The molecule has 2 amide bonds. The van der Waals surface area contributed by atoms with Gasteiger partial charge in [0.2, 0.25) is 11.8 Å². The highest BCUT2D eigenvalue weighted by Gasteiger charge is 2.50. The van der Waals surface area contributed by atoms with Gasteiger partial charge in [-0.25, -0.2) is 28.0 Å². The number of nitrogens with two attached hydrogens (primary N) is 1. The summed E-state index contributed by atoms with van der Waals surface area (Å²) in [6, 6.07) is -1.10. The quantitative estimate of drug-likeness (QED) is 0.277. The number of rotatable bonds is 4. The third-order valence-corrected chi connectivity index (χ3v) is 7.89. The molecule has 0 bridgehead atoms. The molecule has 5 rings (SSSR count). The first-order chi connectivity index (χ1) is 16.6. The van der Waals surface area contributed by atoms with Crippen molar-refractivity contribution in [3.05, 3.63) is 0 Å². The van der Waals surface area contributed by atoms with Crippen molar-refractivity contribution in [3.63, 3.8) is 0 Å². The summed E-state index contributed by atoms with van der Waals surface area (Å²) < 4.78 is 55.1. The Morgan fingerprint density at radius 3 is 2.46 bits per heavy atom. The Hall–Kier alpha value is -1.58. The topological polar surface area (TPSA) is 118 Å². The van der Waals surface area contributed by atoms with Gasteiger partial charge in [-0.05, 0) is 25.9 Å². The van der Waals surface area contributed by atoms with Gasteiger partial charge in [0.05, 0.1) is 43.4 Å². The molecule has 10 nitrogen and oxygen atoms in total. The Morgan fingerprint density at radius 2 is 1.77 bits per heavy atom. The van der Waals surface area contributed by atoms with E-state index in [-0.39, 0.29) is 37.4 Å². The Kier molecular flexibility index (Phi) is 6.96. The largest absolute Gasteiger partial charge is 0.350 e. The van der Waals surface area contributed by atoms with Crippen molar-refractivity contribution in [2.75, 3.05) is 52.4 Å². The zero-order chi connectivity index (χ0) is 24.9. The number of nitrogens with zero attached hydrogens (tertiary/aromatic N) is 3. The maximum absolute atomic E-state index is 15.1. The van der Waals surface area contributed by atoms with Gasteiger partial charge in [0, 0.05) is 32.1 Å². The molecule has 0 aromatic heterocycles. The number of carbonyl (C=O) groups excluding carboxylic acids is 2. The van der Waals surface area contributed by atoms with Crippen molar-refractivity contribution in [2.45, 2.75) is 55.5 Å². The minimum absolute atomic E-state index is 0.123.